The second-order valence-electron chi connectivity index (χ2n) is 3.45. The largest absolute Gasteiger partial charge is 0.411 e. The van der Waals surface area contributed by atoms with Gasteiger partial charge in [0.25, 0.3) is 0 Å². The highest BCUT2D eigenvalue weighted by atomic mass is 19.4. The molecule has 1 saturated heterocycles. The number of carbonyl (C=O) groups excluding carboxylic acids is 1. The Bertz CT molecular complexity index is 391. The summed E-state index contributed by atoms with van der Waals surface area (Å²) in [5, 5.41) is 2.19. The van der Waals surface area contributed by atoms with E-state index in [1.807, 2.05) is 0 Å². The maximum absolute atomic E-state index is 12.6. The molecule has 0 aromatic heterocycles. The minimum atomic E-state index is -4.42. The van der Waals surface area contributed by atoms with Crippen molar-refractivity contribution in [2.24, 2.45) is 0 Å². The summed E-state index contributed by atoms with van der Waals surface area (Å²) < 4.78 is 37.9. The molecule has 3 nitrogen and oxygen atoms in total. The fourth-order valence-electron chi connectivity index (χ4n) is 1.65. The van der Waals surface area contributed by atoms with Crippen LogP contribution in [-0.4, -0.2) is 24.8 Å². The van der Waals surface area contributed by atoms with Gasteiger partial charge in [-0.2, -0.15) is 13.2 Å². The maximum Gasteiger partial charge on any atom is 0.411 e. The number of benzene rings is 1. The maximum atomic E-state index is 12.6. The first-order valence-electron chi connectivity index (χ1n) is 4.69. The van der Waals surface area contributed by atoms with Crippen LogP contribution in [-0.2, 0) is 0 Å². The lowest BCUT2D eigenvalue weighted by atomic mass is 10.2. The van der Waals surface area contributed by atoms with Crippen molar-refractivity contribution in [1.82, 2.24) is 5.32 Å². The van der Waals surface area contributed by atoms with Crippen molar-refractivity contribution in [2.45, 2.75) is 12.2 Å². The minimum Gasteiger partial charge on any atom is -0.335 e. The second-order valence-corrected chi connectivity index (χ2v) is 3.45. The number of hydrogen-bond donors (Lipinski definition) is 1. The van der Waals surface area contributed by atoms with E-state index >= 15 is 0 Å². The van der Waals surface area contributed by atoms with Crippen molar-refractivity contribution in [3.63, 3.8) is 0 Å². The van der Waals surface area contributed by atoms with Crippen LogP contribution in [0.2, 0.25) is 0 Å². The minimum absolute atomic E-state index is 0.250. The second kappa shape index (κ2) is 3.70. The third-order valence-corrected chi connectivity index (χ3v) is 2.39. The zero-order valence-electron chi connectivity index (χ0n) is 8.16. The first kappa shape index (κ1) is 10.8. The number of para-hydroxylation sites is 1. The Labute approximate surface area is 89.9 Å². The number of anilines is 1. The van der Waals surface area contributed by atoms with Crippen molar-refractivity contribution < 1.29 is 18.0 Å². The van der Waals surface area contributed by atoms with Crippen LogP contribution in [0, 0.1) is 0 Å². The summed E-state index contributed by atoms with van der Waals surface area (Å²) in [6.45, 7) is -0.406. The predicted molar refractivity (Wildman–Crippen MR) is 52.2 cm³/mol. The highest BCUT2D eigenvalue weighted by Gasteiger charge is 2.49. The van der Waals surface area contributed by atoms with Gasteiger partial charge in [0.1, 0.15) is 0 Å². The van der Waals surface area contributed by atoms with E-state index in [1.165, 1.54) is 12.1 Å². The third kappa shape index (κ3) is 1.82. The summed E-state index contributed by atoms with van der Waals surface area (Å²) in [5.41, 5.74) is 0.250. The monoisotopic (exact) mass is 230 g/mol. The molecule has 1 N–H and O–H groups in total. The molecule has 0 unspecified atom stereocenters. The number of halogens is 3. The lowest BCUT2D eigenvalue weighted by Gasteiger charge is -2.24. The summed E-state index contributed by atoms with van der Waals surface area (Å²) in [7, 11) is 0. The SMILES string of the molecule is O=C1NC[C@H](C(F)(F)F)N1c1ccccc1. The Balaban J connectivity index is 2.34. The molecule has 2 rings (SSSR count). The number of nitrogens with zero attached hydrogens (tertiary/aromatic N) is 1. The zero-order valence-corrected chi connectivity index (χ0v) is 8.16. The van der Waals surface area contributed by atoms with Gasteiger partial charge in [0, 0.05) is 12.2 Å². The molecule has 86 valence electrons. The summed E-state index contributed by atoms with van der Waals surface area (Å²) in [6.07, 6.45) is -4.42. The molecule has 2 amide bonds. The Morgan fingerprint density at radius 2 is 1.88 bits per heavy atom. The first-order chi connectivity index (χ1) is 7.50. The Kier molecular flexibility index (Phi) is 2.49. The van der Waals surface area contributed by atoms with Gasteiger partial charge in [0.05, 0.1) is 0 Å². The van der Waals surface area contributed by atoms with E-state index in [0.717, 1.165) is 4.90 Å². The molecule has 6 heteroatoms. The predicted octanol–water partition coefficient (Wildman–Crippen LogP) is 2.15. The fraction of sp³-hybridized carbons (Fsp3) is 0.300. The highest BCUT2D eigenvalue weighted by Crippen LogP contribution is 2.31. The van der Waals surface area contributed by atoms with Gasteiger partial charge in [-0.15, -0.1) is 0 Å². The molecular weight excluding hydrogens is 221 g/mol. The van der Waals surface area contributed by atoms with E-state index in [0.29, 0.717) is 0 Å². The average Bonchev–Trinajstić information content (AvgIpc) is 2.61. The van der Waals surface area contributed by atoms with Gasteiger partial charge in [-0.05, 0) is 12.1 Å². The summed E-state index contributed by atoms with van der Waals surface area (Å²) in [6, 6.07) is 5.31. The molecule has 1 fully saturated rings. The fourth-order valence-corrected chi connectivity index (χ4v) is 1.65. The molecule has 0 radical (unpaired) electrons. The molecule has 1 aromatic rings. The first-order valence-corrected chi connectivity index (χ1v) is 4.69. The topological polar surface area (TPSA) is 32.3 Å². The van der Waals surface area contributed by atoms with Crippen LogP contribution in [0.3, 0.4) is 0 Å². The molecular formula is C10H9F3N2O. The number of nitrogens with one attached hydrogen (secondary N) is 1. The molecule has 0 spiro atoms. The van der Waals surface area contributed by atoms with Gasteiger partial charge in [-0.1, -0.05) is 18.2 Å². The van der Waals surface area contributed by atoms with Crippen LogP contribution in [0.15, 0.2) is 30.3 Å². The van der Waals surface area contributed by atoms with E-state index in [-0.39, 0.29) is 5.69 Å². The standard InChI is InChI=1S/C10H9F3N2O/c11-10(12,13)8-6-14-9(16)15(8)7-4-2-1-3-5-7/h1-5,8H,6H2,(H,14,16)/t8-/m1/s1. The lowest BCUT2D eigenvalue weighted by Crippen LogP contribution is -2.44. The summed E-state index contributed by atoms with van der Waals surface area (Å²) in [5.74, 6) is 0. The molecule has 1 heterocycles. The van der Waals surface area contributed by atoms with Crippen LogP contribution in [0.4, 0.5) is 23.7 Å². The van der Waals surface area contributed by atoms with Crippen LogP contribution >= 0.6 is 0 Å². The third-order valence-electron chi connectivity index (χ3n) is 2.39. The van der Waals surface area contributed by atoms with Gasteiger partial charge < -0.3 is 5.32 Å². The van der Waals surface area contributed by atoms with Gasteiger partial charge in [-0.25, -0.2) is 4.79 Å². The van der Waals surface area contributed by atoms with Gasteiger partial charge in [0.15, 0.2) is 6.04 Å². The van der Waals surface area contributed by atoms with Crippen LogP contribution in [0.1, 0.15) is 0 Å². The smallest absolute Gasteiger partial charge is 0.335 e. The van der Waals surface area contributed by atoms with Gasteiger partial charge >= 0.3 is 12.2 Å². The average molecular weight is 230 g/mol. The molecule has 0 bridgehead atoms. The Hall–Kier alpha value is -1.72. The molecule has 1 aliphatic heterocycles. The molecule has 16 heavy (non-hydrogen) atoms. The summed E-state index contributed by atoms with van der Waals surface area (Å²) in [4.78, 5) is 12.1. The number of carbonyl (C=O) groups is 1. The Morgan fingerprint density at radius 1 is 1.25 bits per heavy atom. The number of hydrogen-bond acceptors (Lipinski definition) is 1. The van der Waals surface area contributed by atoms with Crippen molar-refractivity contribution in [2.75, 3.05) is 11.4 Å². The Morgan fingerprint density at radius 3 is 2.44 bits per heavy atom. The molecule has 1 atom stereocenters. The van der Waals surface area contributed by atoms with Gasteiger partial charge in [0.2, 0.25) is 0 Å². The lowest BCUT2D eigenvalue weighted by molar-refractivity contribution is -0.142. The van der Waals surface area contributed by atoms with Crippen molar-refractivity contribution in [3.8, 4) is 0 Å². The van der Waals surface area contributed by atoms with Crippen LogP contribution < -0.4 is 10.2 Å². The van der Waals surface area contributed by atoms with Crippen molar-refractivity contribution >= 4 is 11.7 Å². The normalized spacial score (nSPS) is 21.1. The molecule has 0 saturated carbocycles. The number of rotatable bonds is 1. The highest BCUT2D eigenvalue weighted by molar-refractivity contribution is 5.95. The summed E-state index contributed by atoms with van der Waals surface area (Å²) >= 11 is 0. The van der Waals surface area contributed by atoms with Crippen LogP contribution in [0.25, 0.3) is 0 Å². The van der Waals surface area contributed by atoms with E-state index in [4.69, 9.17) is 0 Å². The quantitative estimate of drug-likeness (QED) is 0.787. The number of urea groups is 1. The molecule has 1 aliphatic rings. The van der Waals surface area contributed by atoms with Crippen LogP contribution in [0.5, 0.6) is 0 Å². The zero-order chi connectivity index (χ0) is 11.8. The molecule has 1 aromatic carbocycles. The van der Waals surface area contributed by atoms with E-state index in [2.05, 4.69) is 5.32 Å². The van der Waals surface area contributed by atoms with E-state index < -0.39 is 24.8 Å². The van der Waals surface area contributed by atoms with E-state index in [9.17, 15) is 18.0 Å². The van der Waals surface area contributed by atoms with Gasteiger partial charge in [-0.3, -0.25) is 4.90 Å². The number of amides is 2. The van der Waals surface area contributed by atoms with Crippen molar-refractivity contribution in [3.05, 3.63) is 30.3 Å². The van der Waals surface area contributed by atoms with E-state index in [1.54, 1.807) is 18.2 Å². The number of alkyl halides is 3. The molecule has 0 aliphatic carbocycles. The van der Waals surface area contributed by atoms with Crippen molar-refractivity contribution in [1.29, 1.82) is 0 Å².